The van der Waals surface area contributed by atoms with Crippen LogP contribution in [0.3, 0.4) is 0 Å². The molecule has 4 N–H and O–H groups in total. The second-order valence-electron chi connectivity index (χ2n) is 5.70. The van der Waals surface area contributed by atoms with Crippen LogP contribution in [-0.4, -0.2) is 32.1 Å². The maximum absolute atomic E-state index is 10.9. The first-order chi connectivity index (χ1) is 10.2. The van der Waals surface area contributed by atoms with Gasteiger partial charge in [0.15, 0.2) is 0 Å². The number of sulfonamides is 1. The highest BCUT2D eigenvalue weighted by Gasteiger charge is 2.10. The van der Waals surface area contributed by atoms with Crippen molar-refractivity contribution in [3.63, 3.8) is 0 Å². The van der Waals surface area contributed by atoms with E-state index in [9.17, 15) is 8.42 Å². The van der Waals surface area contributed by atoms with E-state index in [0.717, 1.165) is 4.90 Å². The maximum atomic E-state index is 10.9. The van der Waals surface area contributed by atoms with Gasteiger partial charge in [0.05, 0.1) is 11.1 Å². The van der Waals surface area contributed by atoms with Gasteiger partial charge in [-0.15, -0.1) is 11.8 Å². The summed E-state index contributed by atoms with van der Waals surface area (Å²) in [5.74, 6) is -0.0483. The van der Waals surface area contributed by atoms with Crippen LogP contribution in [0.4, 0.5) is 0 Å². The van der Waals surface area contributed by atoms with Gasteiger partial charge in [-0.1, -0.05) is 26.0 Å². The van der Waals surface area contributed by atoms with Gasteiger partial charge < -0.3 is 10.6 Å². The number of nitrogens with one attached hydrogen (secondary N) is 2. The van der Waals surface area contributed by atoms with Gasteiger partial charge in [0, 0.05) is 23.5 Å². The SMILES string of the molecule is CC(C)NC(C)c1cccc(SC(C)NCCS(N)(=O)=O)c1. The Morgan fingerprint density at radius 2 is 1.91 bits per heavy atom. The highest BCUT2D eigenvalue weighted by atomic mass is 32.2. The van der Waals surface area contributed by atoms with Crippen LogP contribution in [-0.2, 0) is 10.0 Å². The largest absolute Gasteiger partial charge is 0.308 e. The number of primary sulfonamides is 1. The molecular formula is C15H27N3O2S2. The van der Waals surface area contributed by atoms with Crippen molar-refractivity contribution in [2.45, 2.75) is 50.0 Å². The molecule has 0 amide bonds. The van der Waals surface area contributed by atoms with E-state index < -0.39 is 10.0 Å². The molecule has 0 aromatic heterocycles. The van der Waals surface area contributed by atoms with Gasteiger partial charge in [0.2, 0.25) is 10.0 Å². The zero-order valence-electron chi connectivity index (χ0n) is 13.7. The van der Waals surface area contributed by atoms with Crippen LogP contribution in [0.5, 0.6) is 0 Å². The van der Waals surface area contributed by atoms with Crippen molar-refractivity contribution < 1.29 is 8.42 Å². The van der Waals surface area contributed by atoms with Crippen LogP contribution in [0, 0.1) is 0 Å². The zero-order valence-corrected chi connectivity index (χ0v) is 15.3. The molecule has 1 rings (SSSR count). The number of hydrogen-bond donors (Lipinski definition) is 3. The van der Waals surface area contributed by atoms with E-state index in [4.69, 9.17) is 5.14 Å². The first kappa shape index (κ1) is 19.4. The lowest BCUT2D eigenvalue weighted by atomic mass is 10.1. The second-order valence-corrected chi connectivity index (χ2v) is 8.84. The van der Waals surface area contributed by atoms with E-state index in [2.05, 4.69) is 49.6 Å². The monoisotopic (exact) mass is 345 g/mol. The lowest BCUT2D eigenvalue weighted by Gasteiger charge is -2.19. The number of nitrogens with two attached hydrogens (primary N) is 1. The highest BCUT2D eigenvalue weighted by Crippen LogP contribution is 2.25. The van der Waals surface area contributed by atoms with Crippen LogP contribution in [0.25, 0.3) is 0 Å². The molecule has 1 aromatic rings. The maximum Gasteiger partial charge on any atom is 0.210 e. The Kier molecular flexibility index (Phi) is 7.85. The fourth-order valence-electron chi connectivity index (χ4n) is 2.10. The van der Waals surface area contributed by atoms with E-state index in [1.165, 1.54) is 5.56 Å². The zero-order chi connectivity index (χ0) is 16.8. The quantitative estimate of drug-likeness (QED) is 0.471. The van der Waals surface area contributed by atoms with E-state index in [-0.39, 0.29) is 11.1 Å². The normalized spacial score (nSPS) is 15.0. The summed E-state index contributed by atoms with van der Waals surface area (Å²) in [5.41, 5.74) is 1.25. The smallest absolute Gasteiger partial charge is 0.210 e. The molecule has 7 heteroatoms. The molecule has 0 saturated carbocycles. The Morgan fingerprint density at radius 3 is 2.50 bits per heavy atom. The fraction of sp³-hybridized carbons (Fsp3) is 0.600. The Balaban J connectivity index is 2.55. The van der Waals surface area contributed by atoms with Crippen LogP contribution in [0.1, 0.15) is 39.3 Å². The fourth-order valence-corrected chi connectivity index (χ4v) is 3.48. The molecular weight excluding hydrogens is 318 g/mol. The molecule has 0 saturated heterocycles. The highest BCUT2D eigenvalue weighted by molar-refractivity contribution is 7.99. The van der Waals surface area contributed by atoms with E-state index in [0.29, 0.717) is 18.6 Å². The van der Waals surface area contributed by atoms with Crippen molar-refractivity contribution in [3.8, 4) is 0 Å². The molecule has 0 aliphatic rings. The Morgan fingerprint density at radius 1 is 1.23 bits per heavy atom. The summed E-state index contributed by atoms with van der Waals surface area (Å²) in [6, 6.07) is 9.13. The van der Waals surface area contributed by atoms with Crippen molar-refractivity contribution in [1.82, 2.24) is 10.6 Å². The molecule has 0 aliphatic heterocycles. The van der Waals surface area contributed by atoms with E-state index in [1.54, 1.807) is 11.8 Å². The number of rotatable bonds is 9. The molecule has 2 unspecified atom stereocenters. The van der Waals surface area contributed by atoms with Crippen molar-refractivity contribution >= 4 is 21.8 Å². The van der Waals surface area contributed by atoms with Crippen molar-refractivity contribution in [1.29, 1.82) is 0 Å². The topological polar surface area (TPSA) is 84.2 Å². The summed E-state index contributed by atoms with van der Waals surface area (Å²) in [6.07, 6.45) is 0. The second kappa shape index (κ2) is 8.88. The third kappa shape index (κ3) is 8.14. The Bertz CT molecular complexity index is 562. The van der Waals surface area contributed by atoms with Crippen molar-refractivity contribution in [2.75, 3.05) is 12.3 Å². The van der Waals surface area contributed by atoms with Gasteiger partial charge in [0.1, 0.15) is 0 Å². The summed E-state index contributed by atoms with van der Waals surface area (Å²) in [6.45, 7) is 8.78. The first-order valence-electron chi connectivity index (χ1n) is 7.44. The summed E-state index contributed by atoms with van der Waals surface area (Å²) >= 11 is 1.67. The lowest BCUT2D eigenvalue weighted by molar-refractivity contribution is 0.506. The molecule has 22 heavy (non-hydrogen) atoms. The lowest BCUT2D eigenvalue weighted by Crippen LogP contribution is -2.31. The molecule has 1 aromatic carbocycles. The molecule has 2 atom stereocenters. The van der Waals surface area contributed by atoms with Gasteiger partial charge in [0.25, 0.3) is 0 Å². The summed E-state index contributed by atoms with van der Waals surface area (Å²) in [7, 11) is -3.40. The minimum Gasteiger partial charge on any atom is -0.308 e. The van der Waals surface area contributed by atoms with Crippen LogP contribution >= 0.6 is 11.8 Å². The van der Waals surface area contributed by atoms with Gasteiger partial charge in [-0.3, -0.25) is 0 Å². The molecule has 0 spiro atoms. The predicted molar refractivity (Wildman–Crippen MR) is 94.4 cm³/mol. The molecule has 5 nitrogen and oxygen atoms in total. The minimum atomic E-state index is -3.40. The van der Waals surface area contributed by atoms with Crippen molar-refractivity contribution in [2.24, 2.45) is 5.14 Å². The van der Waals surface area contributed by atoms with Gasteiger partial charge >= 0.3 is 0 Å². The first-order valence-corrected chi connectivity index (χ1v) is 10.0. The third-order valence-corrected chi connectivity index (χ3v) is 4.89. The van der Waals surface area contributed by atoms with Crippen LogP contribution < -0.4 is 15.8 Å². The molecule has 0 radical (unpaired) electrons. The van der Waals surface area contributed by atoms with Gasteiger partial charge in [-0.05, 0) is 31.5 Å². The van der Waals surface area contributed by atoms with Crippen LogP contribution in [0.15, 0.2) is 29.2 Å². The molecule has 0 bridgehead atoms. The van der Waals surface area contributed by atoms with Gasteiger partial charge in [-0.2, -0.15) is 0 Å². The molecule has 0 aliphatic carbocycles. The summed E-state index contributed by atoms with van der Waals surface area (Å²) in [4.78, 5) is 1.16. The minimum absolute atomic E-state index is 0.0483. The number of hydrogen-bond acceptors (Lipinski definition) is 5. The van der Waals surface area contributed by atoms with Crippen molar-refractivity contribution in [3.05, 3.63) is 29.8 Å². The average molecular weight is 346 g/mol. The van der Waals surface area contributed by atoms with Crippen LogP contribution in [0.2, 0.25) is 0 Å². The molecule has 0 fully saturated rings. The van der Waals surface area contributed by atoms with Gasteiger partial charge in [-0.25, -0.2) is 13.6 Å². The Hall–Kier alpha value is -0.600. The van der Waals surface area contributed by atoms with E-state index in [1.807, 2.05) is 13.0 Å². The number of benzene rings is 1. The third-order valence-electron chi connectivity index (χ3n) is 3.07. The molecule has 0 heterocycles. The average Bonchev–Trinajstić information content (AvgIpc) is 2.36. The standard InChI is InChI=1S/C15H27N3O2S2/c1-11(2)18-12(3)14-6-5-7-15(10-14)21-13(4)17-8-9-22(16,19)20/h5-7,10-13,17-18H,8-9H2,1-4H3,(H2,16,19,20). The Labute approximate surface area is 138 Å². The summed E-state index contributed by atoms with van der Waals surface area (Å²) in [5, 5.41) is 11.7. The van der Waals surface area contributed by atoms with E-state index >= 15 is 0 Å². The number of thioether (sulfide) groups is 1. The molecule has 126 valence electrons. The predicted octanol–water partition coefficient (Wildman–Crippen LogP) is 2.06. The summed E-state index contributed by atoms with van der Waals surface area (Å²) < 4.78 is 21.8.